The van der Waals surface area contributed by atoms with Gasteiger partial charge in [-0.2, -0.15) is 0 Å². The summed E-state index contributed by atoms with van der Waals surface area (Å²) in [6.07, 6.45) is 2.95. The molecule has 2 atom stereocenters. The standard InChI is InChI=1S/C19H24ClI3N2O4/c1-2-12(19(28)29)18(17-13(22)8-11(21)9-14(17)23)25-15(26)6-4-3-5-7-24-16(27)10-20/h8-9,12,18H,2-7,10H2,1H3,(H,24,27)(H,25,26)(H,28,29). The summed E-state index contributed by atoms with van der Waals surface area (Å²) >= 11 is 12.0. The summed E-state index contributed by atoms with van der Waals surface area (Å²) < 4.78 is 2.95. The van der Waals surface area contributed by atoms with Gasteiger partial charge in [0, 0.05) is 29.2 Å². The number of amides is 2. The van der Waals surface area contributed by atoms with Crippen LogP contribution in [0.25, 0.3) is 0 Å². The van der Waals surface area contributed by atoms with Crippen LogP contribution in [0, 0.1) is 16.6 Å². The molecule has 1 aromatic carbocycles. The Morgan fingerprint density at radius 2 is 1.69 bits per heavy atom. The summed E-state index contributed by atoms with van der Waals surface area (Å²) in [6.45, 7) is 2.35. The van der Waals surface area contributed by atoms with Gasteiger partial charge >= 0.3 is 5.97 Å². The number of rotatable bonds is 12. The number of unbranched alkanes of at least 4 members (excludes halogenated alkanes) is 2. The molecule has 29 heavy (non-hydrogen) atoms. The summed E-state index contributed by atoms with van der Waals surface area (Å²) in [5.74, 6) is -2.04. The van der Waals surface area contributed by atoms with Gasteiger partial charge in [-0.3, -0.25) is 14.4 Å². The molecule has 162 valence electrons. The Bertz CT molecular complexity index is 710. The van der Waals surface area contributed by atoms with Gasteiger partial charge in [-0.05, 0) is 99.2 Å². The molecule has 1 aromatic rings. The van der Waals surface area contributed by atoms with Crippen LogP contribution < -0.4 is 10.6 Å². The highest BCUT2D eigenvalue weighted by molar-refractivity contribution is 14.1. The Morgan fingerprint density at radius 3 is 2.21 bits per heavy atom. The highest BCUT2D eigenvalue weighted by Crippen LogP contribution is 2.33. The molecule has 3 N–H and O–H groups in total. The number of carboxylic acids is 1. The fourth-order valence-electron chi connectivity index (χ4n) is 2.89. The lowest BCUT2D eigenvalue weighted by Crippen LogP contribution is -2.37. The minimum Gasteiger partial charge on any atom is -0.481 e. The van der Waals surface area contributed by atoms with Crippen LogP contribution in [0.2, 0.25) is 0 Å². The van der Waals surface area contributed by atoms with E-state index in [0.29, 0.717) is 25.8 Å². The molecule has 0 saturated carbocycles. The minimum atomic E-state index is -0.919. The number of alkyl halides is 1. The molecule has 0 spiro atoms. The van der Waals surface area contributed by atoms with E-state index in [4.69, 9.17) is 11.6 Å². The van der Waals surface area contributed by atoms with Crippen LogP contribution in [-0.2, 0) is 14.4 Å². The van der Waals surface area contributed by atoms with Crippen LogP contribution in [0.5, 0.6) is 0 Å². The number of carbonyl (C=O) groups is 3. The van der Waals surface area contributed by atoms with E-state index in [0.717, 1.165) is 29.1 Å². The van der Waals surface area contributed by atoms with E-state index >= 15 is 0 Å². The summed E-state index contributed by atoms with van der Waals surface area (Å²) in [6, 6.07) is 3.40. The number of hydrogen-bond donors (Lipinski definition) is 3. The van der Waals surface area contributed by atoms with Gasteiger partial charge < -0.3 is 15.7 Å². The molecule has 1 rings (SSSR count). The number of hydrogen-bond acceptors (Lipinski definition) is 3. The Labute approximate surface area is 217 Å². The number of carboxylic acid groups (broad SMARTS) is 1. The van der Waals surface area contributed by atoms with Crippen LogP contribution in [-0.4, -0.2) is 35.3 Å². The molecule has 0 aromatic heterocycles. The van der Waals surface area contributed by atoms with Gasteiger partial charge in [0.25, 0.3) is 0 Å². The second-order valence-electron chi connectivity index (χ2n) is 6.48. The first kappa shape index (κ1) is 27.1. The van der Waals surface area contributed by atoms with E-state index in [1.54, 1.807) is 0 Å². The first-order chi connectivity index (χ1) is 13.7. The van der Waals surface area contributed by atoms with Crippen molar-refractivity contribution in [2.45, 2.75) is 45.1 Å². The third kappa shape index (κ3) is 9.42. The molecule has 0 bridgehead atoms. The molecule has 0 saturated heterocycles. The Kier molecular flexibility index (Phi) is 13.3. The van der Waals surface area contributed by atoms with Crippen molar-refractivity contribution >= 4 is 97.2 Å². The van der Waals surface area contributed by atoms with Crippen LogP contribution in [0.15, 0.2) is 12.1 Å². The lowest BCUT2D eigenvalue weighted by atomic mass is 9.90. The molecular formula is C19H24ClI3N2O4. The van der Waals surface area contributed by atoms with Crippen LogP contribution in [0.4, 0.5) is 0 Å². The van der Waals surface area contributed by atoms with E-state index in [9.17, 15) is 19.5 Å². The number of carbonyl (C=O) groups excluding carboxylic acids is 2. The zero-order valence-electron chi connectivity index (χ0n) is 15.9. The van der Waals surface area contributed by atoms with Crippen molar-refractivity contribution < 1.29 is 19.5 Å². The zero-order chi connectivity index (χ0) is 22.0. The molecule has 0 fully saturated rings. The van der Waals surface area contributed by atoms with Gasteiger partial charge in [-0.25, -0.2) is 0 Å². The fourth-order valence-corrected chi connectivity index (χ4v) is 7.23. The highest BCUT2D eigenvalue weighted by atomic mass is 127. The summed E-state index contributed by atoms with van der Waals surface area (Å²) in [4.78, 5) is 35.5. The lowest BCUT2D eigenvalue weighted by Gasteiger charge is -2.27. The normalized spacial score (nSPS) is 12.9. The molecule has 0 radical (unpaired) electrons. The van der Waals surface area contributed by atoms with Crippen LogP contribution in [0.3, 0.4) is 0 Å². The number of benzene rings is 1. The van der Waals surface area contributed by atoms with Gasteiger partial charge in [0.1, 0.15) is 5.88 Å². The van der Waals surface area contributed by atoms with Gasteiger partial charge in [-0.1, -0.05) is 13.3 Å². The molecule has 0 aliphatic rings. The highest BCUT2D eigenvalue weighted by Gasteiger charge is 2.32. The van der Waals surface area contributed by atoms with E-state index in [-0.39, 0.29) is 17.7 Å². The zero-order valence-corrected chi connectivity index (χ0v) is 23.2. The quantitative estimate of drug-likeness (QED) is 0.164. The Morgan fingerprint density at radius 1 is 1.07 bits per heavy atom. The molecule has 2 amide bonds. The Hall–Kier alpha value is 0.110. The van der Waals surface area contributed by atoms with Crippen molar-refractivity contribution in [3.8, 4) is 0 Å². The van der Waals surface area contributed by atoms with Gasteiger partial charge in [0.15, 0.2) is 0 Å². The molecule has 0 aliphatic heterocycles. The molecule has 0 heterocycles. The maximum atomic E-state index is 12.5. The topological polar surface area (TPSA) is 95.5 Å². The van der Waals surface area contributed by atoms with Gasteiger partial charge in [-0.15, -0.1) is 11.6 Å². The summed E-state index contributed by atoms with van der Waals surface area (Å²) in [5.41, 5.74) is 0.859. The summed E-state index contributed by atoms with van der Waals surface area (Å²) in [7, 11) is 0. The van der Waals surface area contributed by atoms with Crippen molar-refractivity contribution in [3.05, 3.63) is 28.4 Å². The molecule has 10 heteroatoms. The average Bonchev–Trinajstić information content (AvgIpc) is 2.63. The minimum absolute atomic E-state index is 0.0535. The SMILES string of the molecule is CCC(C(=O)O)C(NC(=O)CCCCCNC(=O)CCl)c1c(I)cc(I)cc1I. The molecule has 6 nitrogen and oxygen atoms in total. The van der Waals surface area contributed by atoms with E-state index < -0.39 is 17.9 Å². The number of aliphatic carboxylic acids is 1. The monoisotopic (exact) mass is 760 g/mol. The predicted octanol–water partition coefficient (Wildman–Crippen LogP) is 4.68. The van der Waals surface area contributed by atoms with Crippen LogP contribution >= 0.6 is 79.4 Å². The van der Waals surface area contributed by atoms with E-state index in [1.807, 2.05) is 19.1 Å². The molecule has 2 unspecified atom stereocenters. The van der Waals surface area contributed by atoms with Crippen molar-refractivity contribution in [3.63, 3.8) is 0 Å². The fraction of sp³-hybridized carbons (Fsp3) is 0.526. The van der Waals surface area contributed by atoms with Crippen molar-refractivity contribution in [2.24, 2.45) is 5.92 Å². The average molecular weight is 761 g/mol. The Balaban J connectivity index is 2.78. The van der Waals surface area contributed by atoms with Crippen molar-refractivity contribution in [1.82, 2.24) is 10.6 Å². The van der Waals surface area contributed by atoms with Crippen molar-refractivity contribution in [1.29, 1.82) is 0 Å². The number of nitrogens with one attached hydrogen (secondary N) is 2. The van der Waals surface area contributed by atoms with Gasteiger partial charge in [0.2, 0.25) is 11.8 Å². The third-order valence-corrected chi connectivity index (χ3v) is 7.01. The molecular weight excluding hydrogens is 736 g/mol. The number of halogens is 4. The lowest BCUT2D eigenvalue weighted by molar-refractivity contribution is -0.143. The van der Waals surface area contributed by atoms with Crippen LogP contribution in [0.1, 0.15) is 50.6 Å². The maximum Gasteiger partial charge on any atom is 0.308 e. The van der Waals surface area contributed by atoms with E-state index in [2.05, 4.69) is 78.4 Å². The second-order valence-corrected chi connectivity index (χ2v) is 10.3. The second kappa shape index (κ2) is 14.2. The van der Waals surface area contributed by atoms with Gasteiger partial charge in [0.05, 0.1) is 12.0 Å². The smallest absolute Gasteiger partial charge is 0.308 e. The first-order valence-electron chi connectivity index (χ1n) is 9.20. The first-order valence-corrected chi connectivity index (χ1v) is 13.0. The summed E-state index contributed by atoms with van der Waals surface area (Å²) in [5, 5.41) is 15.3. The molecule has 0 aliphatic carbocycles. The van der Waals surface area contributed by atoms with Crippen molar-refractivity contribution in [2.75, 3.05) is 12.4 Å². The largest absolute Gasteiger partial charge is 0.481 e. The van der Waals surface area contributed by atoms with E-state index in [1.165, 1.54) is 0 Å². The predicted molar refractivity (Wildman–Crippen MR) is 139 cm³/mol. The maximum absolute atomic E-state index is 12.5. The third-order valence-electron chi connectivity index (χ3n) is 4.35.